The molecule has 0 radical (unpaired) electrons. The summed E-state index contributed by atoms with van der Waals surface area (Å²) in [6, 6.07) is 2.92. The highest BCUT2D eigenvalue weighted by Crippen LogP contribution is 2.16. The molecule has 0 aromatic heterocycles. The molecule has 1 aromatic rings. The summed E-state index contributed by atoms with van der Waals surface area (Å²) in [5.41, 5.74) is -0.287. The van der Waals surface area contributed by atoms with Crippen LogP contribution >= 0.6 is 0 Å². The summed E-state index contributed by atoms with van der Waals surface area (Å²) >= 11 is 0. The van der Waals surface area contributed by atoms with Crippen LogP contribution in [0.3, 0.4) is 0 Å². The third-order valence-corrected chi connectivity index (χ3v) is 3.46. The van der Waals surface area contributed by atoms with Crippen molar-refractivity contribution < 1.29 is 17.6 Å². The third kappa shape index (κ3) is 3.05. The molecule has 0 heterocycles. The molecule has 0 aliphatic carbocycles. The lowest BCUT2D eigenvalue weighted by Crippen LogP contribution is -2.31. The van der Waals surface area contributed by atoms with Crippen molar-refractivity contribution in [3.63, 3.8) is 0 Å². The number of primary sulfonamides is 1. The first-order valence-electron chi connectivity index (χ1n) is 5.42. The molecule has 100 valence electrons. The summed E-state index contributed by atoms with van der Waals surface area (Å²) in [7, 11) is -3.95. The molecule has 5 nitrogen and oxygen atoms in total. The van der Waals surface area contributed by atoms with E-state index in [0.717, 1.165) is 18.2 Å². The van der Waals surface area contributed by atoms with Gasteiger partial charge in [-0.25, -0.2) is 17.9 Å². The van der Waals surface area contributed by atoms with E-state index >= 15 is 0 Å². The van der Waals surface area contributed by atoms with Gasteiger partial charge in [-0.3, -0.25) is 4.79 Å². The van der Waals surface area contributed by atoms with Gasteiger partial charge in [0, 0.05) is 13.1 Å². The zero-order chi connectivity index (χ0) is 13.9. The molecular weight excluding hydrogens is 259 g/mol. The van der Waals surface area contributed by atoms with Gasteiger partial charge >= 0.3 is 0 Å². The van der Waals surface area contributed by atoms with E-state index < -0.39 is 21.7 Å². The van der Waals surface area contributed by atoms with Gasteiger partial charge in [0.2, 0.25) is 10.0 Å². The molecule has 0 spiro atoms. The predicted molar refractivity (Wildman–Crippen MR) is 65.0 cm³/mol. The first-order valence-corrected chi connectivity index (χ1v) is 6.97. The van der Waals surface area contributed by atoms with Crippen LogP contribution in [0.4, 0.5) is 4.39 Å². The Kier molecular flexibility index (Phi) is 4.42. The van der Waals surface area contributed by atoms with Gasteiger partial charge in [-0.1, -0.05) is 0 Å². The van der Waals surface area contributed by atoms with Crippen molar-refractivity contribution >= 4 is 15.9 Å². The summed E-state index contributed by atoms with van der Waals surface area (Å²) in [6.07, 6.45) is 0. The van der Waals surface area contributed by atoms with E-state index in [1.807, 2.05) is 0 Å². The number of halogens is 1. The van der Waals surface area contributed by atoms with Gasteiger partial charge in [-0.15, -0.1) is 0 Å². The molecule has 0 saturated carbocycles. The summed E-state index contributed by atoms with van der Waals surface area (Å²) in [5.74, 6) is -1.32. The minimum atomic E-state index is -3.95. The number of hydrogen-bond acceptors (Lipinski definition) is 3. The van der Waals surface area contributed by atoms with Crippen molar-refractivity contribution in [2.24, 2.45) is 5.14 Å². The molecule has 1 amide bonds. The second kappa shape index (κ2) is 5.45. The Morgan fingerprint density at radius 3 is 2.33 bits per heavy atom. The van der Waals surface area contributed by atoms with E-state index in [2.05, 4.69) is 0 Å². The molecule has 0 bridgehead atoms. The average Bonchev–Trinajstić information content (AvgIpc) is 2.29. The number of hydrogen-bond donors (Lipinski definition) is 1. The van der Waals surface area contributed by atoms with E-state index in [4.69, 9.17) is 5.14 Å². The van der Waals surface area contributed by atoms with Crippen LogP contribution in [0.2, 0.25) is 0 Å². The van der Waals surface area contributed by atoms with Gasteiger partial charge in [0.1, 0.15) is 5.82 Å². The van der Waals surface area contributed by atoms with Crippen LogP contribution in [-0.2, 0) is 10.0 Å². The van der Waals surface area contributed by atoms with E-state index in [0.29, 0.717) is 13.1 Å². The molecular formula is C11H15FN2O3S. The van der Waals surface area contributed by atoms with Gasteiger partial charge in [0.05, 0.1) is 10.5 Å². The lowest BCUT2D eigenvalue weighted by Gasteiger charge is -2.19. The van der Waals surface area contributed by atoms with E-state index in [1.165, 1.54) is 4.90 Å². The molecule has 7 heteroatoms. The third-order valence-electron chi connectivity index (χ3n) is 2.55. The van der Waals surface area contributed by atoms with Gasteiger partial charge in [-0.05, 0) is 32.0 Å². The molecule has 0 unspecified atom stereocenters. The van der Waals surface area contributed by atoms with E-state index in [1.54, 1.807) is 13.8 Å². The number of rotatable bonds is 4. The Balaban J connectivity index is 3.28. The van der Waals surface area contributed by atoms with Crippen LogP contribution in [0.5, 0.6) is 0 Å². The molecule has 0 aliphatic heterocycles. The zero-order valence-electron chi connectivity index (χ0n) is 10.2. The molecule has 2 N–H and O–H groups in total. The Morgan fingerprint density at radius 2 is 1.89 bits per heavy atom. The van der Waals surface area contributed by atoms with Gasteiger partial charge in [-0.2, -0.15) is 0 Å². The fourth-order valence-electron chi connectivity index (χ4n) is 1.53. The first-order chi connectivity index (χ1) is 8.31. The number of sulfonamides is 1. The quantitative estimate of drug-likeness (QED) is 0.887. The monoisotopic (exact) mass is 274 g/mol. The van der Waals surface area contributed by atoms with E-state index in [-0.39, 0.29) is 10.5 Å². The fraction of sp³-hybridized carbons (Fsp3) is 0.364. The van der Waals surface area contributed by atoms with Crippen LogP contribution in [0.1, 0.15) is 24.2 Å². The van der Waals surface area contributed by atoms with Gasteiger partial charge < -0.3 is 4.90 Å². The largest absolute Gasteiger partial charge is 0.339 e. The molecule has 0 fully saturated rings. The van der Waals surface area contributed by atoms with Crippen molar-refractivity contribution in [1.82, 2.24) is 4.90 Å². The summed E-state index contributed by atoms with van der Waals surface area (Å²) in [5, 5.41) is 4.94. The highest BCUT2D eigenvalue weighted by Gasteiger charge is 2.19. The maximum absolute atomic E-state index is 13.6. The van der Waals surface area contributed by atoms with Crippen molar-refractivity contribution in [2.45, 2.75) is 18.7 Å². The van der Waals surface area contributed by atoms with E-state index in [9.17, 15) is 17.6 Å². The number of carbonyl (C=O) groups is 1. The molecule has 0 saturated heterocycles. The predicted octanol–water partition coefficient (Wildman–Crippen LogP) is 0.955. The maximum Gasteiger partial charge on any atom is 0.256 e. The lowest BCUT2D eigenvalue weighted by molar-refractivity contribution is 0.0768. The number of nitrogens with two attached hydrogens (primary N) is 1. The topological polar surface area (TPSA) is 80.5 Å². The van der Waals surface area contributed by atoms with Crippen molar-refractivity contribution in [3.8, 4) is 0 Å². The Labute approximate surface area is 105 Å². The number of amides is 1. The number of benzene rings is 1. The van der Waals surface area contributed by atoms with Crippen LogP contribution in [0, 0.1) is 5.82 Å². The summed E-state index contributed by atoms with van der Waals surface area (Å²) < 4.78 is 35.9. The summed E-state index contributed by atoms with van der Waals surface area (Å²) in [6.45, 7) is 4.33. The molecule has 1 rings (SSSR count). The van der Waals surface area contributed by atoms with Crippen molar-refractivity contribution in [1.29, 1.82) is 0 Å². The minimum Gasteiger partial charge on any atom is -0.339 e. The molecule has 1 aromatic carbocycles. The normalized spacial score (nSPS) is 11.3. The SMILES string of the molecule is CCN(CC)C(=O)c1cc(S(N)(=O)=O)ccc1F. The highest BCUT2D eigenvalue weighted by atomic mass is 32.2. The number of nitrogens with zero attached hydrogens (tertiary/aromatic N) is 1. The zero-order valence-corrected chi connectivity index (χ0v) is 11.0. The van der Waals surface area contributed by atoms with Crippen LogP contribution in [0.25, 0.3) is 0 Å². The second-order valence-electron chi connectivity index (χ2n) is 3.66. The summed E-state index contributed by atoms with van der Waals surface area (Å²) in [4.78, 5) is 13.1. The van der Waals surface area contributed by atoms with Crippen LogP contribution < -0.4 is 5.14 Å². The second-order valence-corrected chi connectivity index (χ2v) is 5.23. The average molecular weight is 274 g/mol. The lowest BCUT2D eigenvalue weighted by atomic mass is 10.2. The molecule has 0 atom stereocenters. The van der Waals surface area contributed by atoms with Crippen LogP contribution in [-0.4, -0.2) is 32.3 Å². The van der Waals surface area contributed by atoms with Crippen molar-refractivity contribution in [2.75, 3.05) is 13.1 Å². The minimum absolute atomic E-state index is 0.278. The maximum atomic E-state index is 13.6. The molecule has 18 heavy (non-hydrogen) atoms. The van der Waals surface area contributed by atoms with Crippen LogP contribution in [0.15, 0.2) is 23.1 Å². The number of carbonyl (C=O) groups excluding carboxylic acids is 1. The molecule has 0 aliphatic rings. The Bertz CT molecular complexity index is 553. The first kappa shape index (κ1) is 14.6. The highest BCUT2D eigenvalue weighted by molar-refractivity contribution is 7.89. The van der Waals surface area contributed by atoms with Gasteiger partial charge in [0.25, 0.3) is 5.91 Å². The standard InChI is InChI=1S/C11H15FN2O3S/c1-3-14(4-2)11(15)9-7-8(18(13,16)17)5-6-10(9)12/h5-7H,3-4H2,1-2H3,(H2,13,16,17). The fourth-order valence-corrected chi connectivity index (χ4v) is 2.07. The Hall–Kier alpha value is -1.47. The van der Waals surface area contributed by atoms with Gasteiger partial charge in [0.15, 0.2) is 0 Å². The smallest absolute Gasteiger partial charge is 0.256 e. The van der Waals surface area contributed by atoms with Crippen molar-refractivity contribution in [3.05, 3.63) is 29.6 Å². The Morgan fingerprint density at radius 1 is 1.33 bits per heavy atom.